The van der Waals surface area contributed by atoms with E-state index in [1.807, 2.05) is 30.3 Å². The largest absolute Gasteiger partial charge is 0.483 e. The van der Waals surface area contributed by atoms with Crippen LogP contribution < -0.4 is 4.74 Å². The van der Waals surface area contributed by atoms with Crippen LogP contribution in [0.3, 0.4) is 0 Å². The number of rotatable bonds is 3. The highest BCUT2D eigenvalue weighted by Gasteiger charge is 2.30. The molecule has 0 spiro atoms. The van der Waals surface area contributed by atoms with Crippen molar-refractivity contribution in [2.24, 2.45) is 0 Å². The molecular formula is C17H18F3OS+. The third-order valence-corrected chi connectivity index (χ3v) is 6.37. The highest BCUT2D eigenvalue weighted by atomic mass is 32.2. The fourth-order valence-electron chi connectivity index (χ4n) is 2.83. The number of fused-ring (bicyclic) bond motifs is 1. The minimum Gasteiger partial charge on any atom is -0.483 e. The second kappa shape index (κ2) is 6.41. The molecule has 2 aromatic carbocycles. The highest BCUT2D eigenvalue weighted by molar-refractivity contribution is 7.97. The third-order valence-electron chi connectivity index (χ3n) is 3.83. The molecule has 0 amide bonds. The van der Waals surface area contributed by atoms with Gasteiger partial charge in [-0.3, -0.25) is 0 Å². The highest BCUT2D eigenvalue weighted by Crippen LogP contribution is 2.34. The molecule has 0 aliphatic carbocycles. The number of ether oxygens (including phenoxy) is 1. The molecule has 0 aromatic heterocycles. The molecule has 1 heterocycles. The van der Waals surface area contributed by atoms with Gasteiger partial charge in [-0.25, -0.2) is 0 Å². The van der Waals surface area contributed by atoms with Gasteiger partial charge in [0.1, 0.15) is 17.3 Å². The minimum atomic E-state index is -4.31. The lowest BCUT2D eigenvalue weighted by molar-refractivity contribution is -0.153. The van der Waals surface area contributed by atoms with Crippen molar-refractivity contribution in [2.45, 2.75) is 30.3 Å². The lowest BCUT2D eigenvalue weighted by Gasteiger charge is -2.17. The summed E-state index contributed by atoms with van der Waals surface area (Å²) in [5, 5.41) is 1.81. The van der Waals surface area contributed by atoms with E-state index in [9.17, 15) is 13.2 Å². The summed E-state index contributed by atoms with van der Waals surface area (Å²) in [6.07, 6.45) is -0.549. The standard InChI is InChI=1S/C17H18F3OS/c18-17(19,20)12-21-15-8-9-16(22-10-4-1-5-11-22)14-7-3-2-6-13(14)15/h2-3,6-9H,1,4-5,10-12H2/q+1. The summed E-state index contributed by atoms with van der Waals surface area (Å²) in [6, 6.07) is 11.3. The number of benzene rings is 2. The van der Waals surface area contributed by atoms with E-state index in [0.29, 0.717) is 5.75 Å². The number of alkyl halides is 3. The van der Waals surface area contributed by atoms with Gasteiger partial charge in [0.15, 0.2) is 11.5 Å². The summed E-state index contributed by atoms with van der Waals surface area (Å²) in [5.74, 6) is 2.69. The molecule has 0 atom stereocenters. The fraction of sp³-hybridized carbons (Fsp3) is 0.412. The van der Waals surface area contributed by atoms with Crippen LogP contribution in [0, 0.1) is 0 Å². The van der Waals surface area contributed by atoms with Gasteiger partial charge < -0.3 is 4.74 Å². The molecule has 0 radical (unpaired) electrons. The van der Waals surface area contributed by atoms with Crippen LogP contribution >= 0.6 is 0 Å². The molecule has 2 aromatic rings. The first-order valence-electron chi connectivity index (χ1n) is 7.43. The van der Waals surface area contributed by atoms with E-state index in [-0.39, 0.29) is 10.9 Å². The summed E-state index contributed by atoms with van der Waals surface area (Å²) in [4.78, 5) is 1.27. The summed E-state index contributed by atoms with van der Waals surface area (Å²) in [6.45, 7) is -1.25. The van der Waals surface area contributed by atoms with Crippen LogP contribution in [0.25, 0.3) is 10.8 Å². The normalized spacial score (nSPS) is 16.9. The Morgan fingerprint density at radius 1 is 0.909 bits per heavy atom. The van der Waals surface area contributed by atoms with E-state index >= 15 is 0 Å². The molecule has 1 nitrogen and oxygen atoms in total. The van der Waals surface area contributed by atoms with Gasteiger partial charge in [-0.1, -0.05) is 18.2 Å². The van der Waals surface area contributed by atoms with Crippen LogP contribution in [0.5, 0.6) is 5.75 Å². The van der Waals surface area contributed by atoms with E-state index < -0.39 is 12.8 Å². The Balaban J connectivity index is 1.96. The Kier molecular flexibility index (Phi) is 4.52. The molecule has 1 aliphatic heterocycles. The predicted octanol–water partition coefficient (Wildman–Crippen LogP) is 4.94. The first-order chi connectivity index (χ1) is 10.5. The quantitative estimate of drug-likeness (QED) is 0.725. The van der Waals surface area contributed by atoms with Crippen LogP contribution in [0.2, 0.25) is 0 Å². The zero-order valence-corrected chi connectivity index (χ0v) is 13.0. The van der Waals surface area contributed by atoms with Crippen molar-refractivity contribution in [2.75, 3.05) is 18.1 Å². The van der Waals surface area contributed by atoms with Crippen molar-refractivity contribution in [3.8, 4) is 5.75 Å². The molecule has 1 aliphatic rings. The number of hydrogen-bond acceptors (Lipinski definition) is 1. The van der Waals surface area contributed by atoms with Crippen molar-refractivity contribution in [1.29, 1.82) is 0 Å². The first-order valence-corrected chi connectivity index (χ1v) is 9.00. The third kappa shape index (κ3) is 3.51. The molecule has 3 rings (SSSR count). The molecule has 1 saturated heterocycles. The lowest BCUT2D eigenvalue weighted by atomic mass is 10.1. The van der Waals surface area contributed by atoms with Crippen LogP contribution in [-0.4, -0.2) is 24.3 Å². The summed E-state index contributed by atoms with van der Waals surface area (Å²) < 4.78 is 42.2. The average molecular weight is 327 g/mol. The smallest absolute Gasteiger partial charge is 0.422 e. The summed E-state index contributed by atoms with van der Waals surface area (Å²) in [5.41, 5.74) is 0. The van der Waals surface area contributed by atoms with Crippen molar-refractivity contribution < 1.29 is 17.9 Å². The molecule has 0 unspecified atom stereocenters. The molecule has 1 fully saturated rings. The Bertz CT molecular complexity index is 648. The molecule has 22 heavy (non-hydrogen) atoms. The predicted molar refractivity (Wildman–Crippen MR) is 84.7 cm³/mol. The van der Waals surface area contributed by atoms with E-state index in [1.165, 1.54) is 35.7 Å². The van der Waals surface area contributed by atoms with E-state index in [0.717, 1.165) is 10.8 Å². The Morgan fingerprint density at radius 3 is 2.27 bits per heavy atom. The van der Waals surface area contributed by atoms with E-state index in [1.54, 1.807) is 6.07 Å². The second-order valence-corrected chi connectivity index (χ2v) is 7.71. The van der Waals surface area contributed by atoms with Gasteiger partial charge in [-0.2, -0.15) is 13.2 Å². The van der Waals surface area contributed by atoms with Gasteiger partial charge in [0.25, 0.3) is 0 Å². The number of halogens is 3. The first kappa shape index (κ1) is 15.5. The number of hydrogen-bond donors (Lipinski definition) is 0. The molecule has 0 N–H and O–H groups in total. The molecule has 0 bridgehead atoms. The minimum absolute atomic E-state index is 0.210. The Morgan fingerprint density at radius 2 is 1.59 bits per heavy atom. The van der Waals surface area contributed by atoms with Gasteiger partial charge in [-0.15, -0.1) is 0 Å². The van der Waals surface area contributed by atoms with Crippen molar-refractivity contribution in [3.05, 3.63) is 36.4 Å². The maximum Gasteiger partial charge on any atom is 0.422 e. The maximum absolute atomic E-state index is 12.4. The Hall–Kier alpha value is -1.36. The van der Waals surface area contributed by atoms with Gasteiger partial charge >= 0.3 is 6.18 Å². The summed E-state index contributed by atoms with van der Waals surface area (Å²) >= 11 is 0. The monoisotopic (exact) mass is 327 g/mol. The molecule has 0 saturated carbocycles. The van der Waals surface area contributed by atoms with Gasteiger partial charge in [0, 0.05) is 21.7 Å². The molecular weight excluding hydrogens is 309 g/mol. The molecule has 118 valence electrons. The average Bonchev–Trinajstić information content (AvgIpc) is 2.52. The maximum atomic E-state index is 12.4. The topological polar surface area (TPSA) is 9.23 Å². The van der Waals surface area contributed by atoms with Crippen LogP contribution in [0.1, 0.15) is 19.3 Å². The van der Waals surface area contributed by atoms with Crippen molar-refractivity contribution >= 4 is 21.7 Å². The molecule has 5 heteroatoms. The van der Waals surface area contributed by atoms with Gasteiger partial charge in [-0.05, 0) is 37.5 Å². The zero-order chi connectivity index (χ0) is 15.6. The lowest BCUT2D eigenvalue weighted by Crippen LogP contribution is -2.20. The van der Waals surface area contributed by atoms with E-state index in [2.05, 4.69) is 0 Å². The van der Waals surface area contributed by atoms with E-state index in [4.69, 9.17) is 4.74 Å². The van der Waals surface area contributed by atoms with Crippen molar-refractivity contribution in [1.82, 2.24) is 0 Å². The SMILES string of the molecule is FC(F)(F)COc1ccc([S+]2CCCCC2)c2ccccc12. The Labute approximate surface area is 130 Å². The van der Waals surface area contributed by atoms with Gasteiger partial charge in [0.2, 0.25) is 0 Å². The van der Waals surface area contributed by atoms with Crippen molar-refractivity contribution in [3.63, 3.8) is 0 Å². The zero-order valence-electron chi connectivity index (χ0n) is 12.2. The van der Waals surface area contributed by atoms with Crippen LogP contribution in [-0.2, 0) is 10.9 Å². The second-order valence-electron chi connectivity index (χ2n) is 5.47. The fourth-order valence-corrected chi connectivity index (χ4v) is 5.33. The van der Waals surface area contributed by atoms with Gasteiger partial charge in [0.05, 0.1) is 0 Å². The summed E-state index contributed by atoms with van der Waals surface area (Å²) in [7, 11) is 0.210. The van der Waals surface area contributed by atoms with Crippen LogP contribution in [0.4, 0.5) is 13.2 Å². The van der Waals surface area contributed by atoms with Crippen LogP contribution in [0.15, 0.2) is 41.3 Å².